The van der Waals surface area contributed by atoms with Crippen molar-refractivity contribution >= 4 is 50.2 Å². The van der Waals surface area contributed by atoms with Crippen molar-refractivity contribution < 1.29 is 9.84 Å². The van der Waals surface area contributed by atoms with Crippen LogP contribution in [0.1, 0.15) is 11.1 Å². The quantitative estimate of drug-likeness (QED) is 0.280. The molecule has 6 nitrogen and oxygen atoms in total. The molecule has 32 heavy (non-hydrogen) atoms. The molecule has 0 amide bonds. The Balaban J connectivity index is 1.71. The Hall–Kier alpha value is -3.23. The summed E-state index contributed by atoms with van der Waals surface area (Å²) < 4.78 is 8.19. The first kappa shape index (κ1) is 22.0. The molecule has 1 N–H and O–H groups in total. The van der Waals surface area contributed by atoms with E-state index in [0.717, 1.165) is 27.0 Å². The Bertz CT molecular complexity index is 1280. The largest absolute Gasteiger partial charge is 0.506 e. The molecule has 0 atom stereocenters. The summed E-state index contributed by atoms with van der Waals surface area (Å²) in [6, 6.07) is 20.9. The number of rotatable bonds is 6. The van der Waals surface area contributed by atoms with E-state index >= 15 is 0 Å². The second-order valence-electron chi connectivity index (χ2n) is 6.74. The minimum atomic E-state index is 0.0973. The molecule has 160 valence electrons. The Kier molecular flexibility index (Phi) is 6.82. The molecule has 0 unspecified atom stereocenters. The number of phenolic OH excluding ortho intramolecular Hbond substituents is 1. The molecule has 0 saturated carbocycles. The van der Waals surface area contributed by atoms with Gasteiger partial charge in [-0.2, -0.15) is 5.10 Å². The van der Waals surface area contributed by atoms with Gasteiger partial charge < -0.3 is 9.84 Å². The number of imidazole rings is 1. The van der Waals surface area contributed by atoms with Gasteiger partial charge >= 0.3 is 0 Å². The second kappa shape index (κ2) is 9.93. The average Bonchev–Trinajstić information content (AvgIpc) is 3.23. The average molecular weight is 554 g/mol. The summed E-state index contributed by atoms with van der Waals surface area (Å²) in [4.78, 5) is 9.13. The number of phenols is 1. The molecular formula is C24H18Br2N4O2. The summed E-state index contributed by atoms with van der Waals surface area (Å²) >= 11 is 6.77. The highest BCUT2D eigenvalue weighted by Crippen LogP contribution is 2.31. The van der Waals surface area contributed by atoms with Crippen molar-refractivity contribution in [1.82, 2.24) is 9.66 Å². The first-order valence-electron chi connectivity index (χ1n) is 9.59. The molecule has 4 rings (SSSR count). The van der Waals surface area contributed by atoms with E-state index in [-0.39, 0.29) is 5.75 Å². The first-order chi connectivity index (χ1) is 15.5. The number of ether oxygens (including phenoxy) is 1. The van der Waals surface area contributed by atoms with Gasteiger partial charge in [0.25, 0.3) is 5.95 Å². The van der Waals surface area contributed by atoms with Crippen LogP contribution in [0.2, 0.25) is 0 Å². The standard InChI is InChI=1S/C24H18Br2N4O2/c1-32-20-9-7-16(8-10-20)13-28-30-15-22(17-5-3-2-4-6-17)29-24(30)27-14-18-11-19(25)12-21(26)23(18)31/h2-15,31H,1H3/b27-14?,28-13-. The van der Waals surface area contributed by atoms with Crippen LogP contribution in [0.5, 0.6) is 11.5 Å². The van der Waals surface area contributed by atoms with Gasteiger partial charge in [0.1, 0.15) is 11.5 Å². The number of nitrogens with zero attached hydrogens (tertiary/aromatic N) is 4. The zero-order valence-corrected chi connectivity index (χ0v) is 20.2. The molecule has 0 spiro atoms. The van der Waals surface area contributed by atoms with Crippen molar-refractivity contribution in [3.8, 4) is 22.8 Å². The fourth-order valence-corrected chi connectivity index (χ4v) is 4.17. The van der Waals surface area contributed by atoms with Crippen LogP contribution in [-0.2, 0) is 0 Å². The first-order valence-corrected chi connectivity index (χ1v) is 11.2. The molecule has 0 fully saturated rings. The van der Waals surface area contributed by atoms with E-state index in [2.05, 4.69) is 46.9 Å². The molecule has 0 bridgehead atoms. The summed E-state index contributed by atoms with van der Waals surface area (Å²) in [5.41, 5.74) is 3.14. The molecule has 0 aliphatic rings. The van der Waals surface area contributed by atoms with Gasteiger partial charge in [0.05, 0.1) is 29.7 Å². The molecule has 3 aromatic carbocycles. The number of aromatic hydroxyl groups is 1. The van der Waals surface area contributed by atoms with E-state index < -0.39 is 0 Å². The maximum atomic E-state index is 10.3. The summed E-state index contributed by atoms with van der Waals surface area (Å²) in [6.45, 7) is 0. The normalized spacial score (nSPS) is 11.5. The van der Waals surface area contributed by atoms with Crippen LogP contribution in [0.3, 0.4) is 0 Å². The van der Waals surface area contributed by atoms with Crippen LogP contribution in [0, 0.1) is 0 Å². The summed E-state index contributed by atoms with van der Waals surface area (Å²) in [6.07, 6.45) is 5.10. The maximum Gasteiger partial charge on any atom is 0.251 e. The lowest BCUT2D eigenvalue weighted by atomic mass is 10.2. The highest BCUT2D eigenvalue weighted by molar-refractivity contribution is 9.11. The molecule has 0 saturated heterocycles. The minimum Gasteiger partial charge on any atom is -0.506 e. The van der Waals surface area contributed by atoms with E-state index in [1.54, 1.807) is 36.3 Å². The molecule has 8 heteroatoms. The van der Waals surface area contributed by atoms with Gasteiger partial charge in [0.15, 0.2) is 0 Å². The minimum absolute atomic E-state index is 0.0973. The number of hydrogen-bond donors (Lipinski definition) is 1. The predicted molar refractivity (Wildman–Crippen MR) is 134 cm³/mol. The molecule has 4 aromatic rings. The van der Waals surface area contributed by atoms with Crippen molar-refractivity contribution in [2.24, 2.45) is 10.1 Å². The van der Waals surface area contributed by atoms with Gasteiger partial charge in [0, 0.05) is 21.8 Å². The summed E-state index contributed by atoms with van der Waals surface area (Å²) in [5, 5.41) is 14.9. The maximum absolute atomic E-state index is 10.3. The topological polar surface area (TPSA) is 72.0 Å². The molecule has 1 aromatic heterocycles. The molecule has 0 aliphatic carbocycles. The number of methoxy groups -OCH3 is 1. The lowest BCUT2D eigenvalue weighted by molar-refractivity contribution is 0.415. The van der Waals surface area contributed by atoms with E-state index in [1.165, 1.54) is 0 Å². The van der Waals surface area contributed by atoms with Gasteiger partial charge in [-0.05, 0) is 57.9 Å². The Morgan fingerprint density at radius 1 is 1.00 bits per heavy atom. The highest BCUT2D eigenvalue weighted by Gasteiger charge is 2.10. The van der Waals surface area contributed by atoms with Crippen LogP contribution in [0.4, 0.5) is 5.95 Å². The van der Waals surface area contributed by atoms with Gasteiger partial charge in [-0.1, -0.05) is 46.3 Å². The smallest absolute Gasteiger partial charge is 0.251 e. The van der Waals surface area contributed by atoms with Crippen molar-refractivity contribution in [2.45, 2.75) is 0 Å². The fourth-order valence-electron chi connectivity index (χ4n) is 2.91. The third-order valence-electron chi connectivity index (χ3n) is 4.56. The van der Waals surface area contributed by atoms with Gasteiger partial charge in [-0.15, -0.1) is 0 Å². The Morgan fingerprint density at radius 2 is 1.75 bits per heavy atom. The molecular weight excluding hydrogens is 536 g/mol. The van der Waals surface area contributed by atoms with Gasteiger partial charge in [-0.25, -0.2) is 14.7 Å². The highest BCUT2D eigenvalue weighted by atomic mass is 79.9. The Labute approximate surface area is 202 Å². The van der Waals surface area contributed by atoms with Crippen LogP contribution >= 0.6 is 31.9 Å². The third kappa shape index (κ3) is 5.15. The van der Waals surface area contributed by atoms with Crippen LogP contribution in [0.25, 0.3) is 11.3 Å². The molecule has 0 radical (unpaired) electrons. The van der Waals surface area contributed by atoms with Crippen molar-refractivity contribution in [3.05, 3.63) is 93.0 Å². The van der Waals surface area contributed by atoms with E-state index in [9.17, 15) is 5.11 Å². The molecule has 1 heterocycles. The van der Waals surface area contributed by atoms with E-state index in [1.807, 2.05) is 60.8 Å². The summed E-state index contributed by atoms with van der Waals surface area (Å²) in [5.74, 6) is 1.26. The van der Waals surface area contributed by atoms with E-state index in [4.69, 9.17) is 4.74 Å². The fraction of sp³-hybridized carbons (Fsp3) is 0.0417. The van der Waals surface area contributed by atoms with Crippen LogP contribution in [0.15, 0.2) is 92.0 Å². The van der Waals surface area contributed by atoms with Crippen LogP contribution < -0.4 is 4.74 Å². The lowest BCUT2D eigenvalue weighted by Crippen LogP contribution is -1.91. The van der Waals surface area contributed by atoms with Crippen molar-refractivity contribution in [2.75, 3.05) is 7.11 Å². The number of aliphatic imine (C=N–C) groups is 1. The molecule has 0 aliphatic heterocycles. The van der Waals surface area contributed by atoms with Crippen LogP contribution in [-0.4, -0.2) is 34.3 Å². The number of halogens is 2. The number of hydrogen-bond acceptors (Lipinski definition) is 5. The zero-order valence-electron chi connectivity index (χ0n) is 17.0. The zero-order chi connectivity index (χ0) is 22.5. The summed E-state index contributed by atoms with van der Waals surface area (Å²) in [7, 11) is 1.63. The number of aromatic nitrogens is 2. The lowest BCUT2D eigenvalue weighted by Gasteiger charge is -2.03. The SMILES string of the molecule is COc1ccc(/C=N\n2cc(-c3ccccc3)nc2N=Cc2cc(Br)cc(Br)c2O)cc1. The number of benzene rings is 3. The van der Waals surface area contributed by atoms with Crippen molar-refractivity contribution in [1.29, 1.82) is 0 Å². The van der Waals surface area contributed by atoms with E-state index in [0.29, 0.717) is 16.0 Å². The monoisotopic (exact) mass is 552 g/mol. The van der Waals surface area contributed by atoms with Crippen molar-refractivity contribution in [3.63, 3.8) is 0 Å². The third-order valence-corrected chi connectivity index (χ3v) is 5.63. The van der Waals surface area contributed by atoms with Gasteiger partial charge in [0.2, 0.25) is 0 Å². The second-order valence-corrected chi connectivity index (χ2v) is 8.51. The predicted octanol–water partition coefficient (Wildman–Crippen LogP) is 6.42. The Morgan fingerprint density at radius 3 is 2.47 bits per heavy atom. The van der Waals surface area contributed by atoms with Gasteiger partial charge in [-0.3, -0.25) is 0 Å².